The Labute approximate surface area is 210 Å². The quantitative estimate of drug-likeness (QED) is 0.389. The molecule has 0 atom stereocenters. The highest BCUT2D eigenvalue weighted by Gasteiger charge is 2.25. The zero-order chi connectivity index (χ0) is 25.1. The highest BCUT2D eigenvalue weighted by Crippen LogP contribution is 2.33. The molecule has 3 aromatic carbocycles. The van der Waals surface area contributed by atoms with E-state index >= 15 is 0 Å². The van der Waals surface area contributed by atoms with Gasteiger partial charge < -0.3 is 24.0 Å². The van der Waals surface area contributed by atoms with Crippen LogP contribution in [0.2, 0.25) is 0 Å². The standard InChI is InChI=1S/C29H29N3O4/c1-34-22-11-9-21(10-12-22)31-14-16-32(17-15-31)29(33)24-19-26(30-25-7-5-4-6-23(24)25)20-8-13-27(35-2)28(18-20)36-3/h4-13,18-19H,14-17H2,1-3H3. The second-order valence-corrected chi connectivity index (χ2v) is 8.62. The van der Waals surface area contributed by atoms with Gasteiger partial charge in [-0.2, -0.15) is 0 Å². The minimum atomic E-state index is 0.0182. The smallest absolute Gasteiger partial charge is 0.254 e. The van der Waals surface area contributed by atoms with Crippen molar-refractivity contribution in [1.82, 2.24) is 9.88 Å². The number of piperazine rings is 1. The number of carbonyl (C=O) groups excluding carboxylic acids is 1. The van der Waals surface area contributed by atoms with E-state index in [1.807, 2.05) is 65.6 Å². The Morgan fingerprint density at radius 2 is 1.50 bits per heavy atom. The lowest BCUT2D eigenvalue weighted by Crippen LogP contribution is -2.48. The molecule has 1 saturated heterocycles. The molecule has 36 heavy (non-hydrogen) atoms. The van der Waals surface area contributed by atoms with Crippen LogP contribution in [0.1, 0.15) is 10.4 Å². The van der Waals surface area contributed by atoms with E-state index in [2.05, 4.69) is 17.0 Å². The molecule has 7 heteroatoms. The van der Waals surface area contributed by atoms with Crippen LogP contribution in [0.4, 0.5) is 5.69 Å². The number of aromatic nitrogens is 1. The fourth-order valence-corrected chi connectivity index (χ4v) is 4.63. The van der Waals surface area contributed by atoms with Crippen molar-refractivity contribution in [2.24, 2.45) is 0 Å². The van der Waals surface area contributed by atoms with Crippen LogP contribution in [0.15, 0.2) is 72.8 Å². The van der Waals surface area contributed by atoms with E-state index in [1.165, 1.54) is 0 Å². The predicted octanol–water partition coefficient (Wildman–Crippen LogP) is 4.89. The lowest BCUT2D eigenvalue weighted by molar-refractivity contribution is 0.0748. The highest BCUT2D eigenvalue weighted by atomic mass is 16.5. The summed E-state index contributed by atoms with van der Waals surface area (Å²) in [6.07, 6.45) is 0. The van der Waals surface area contributed by atoms with E-state index in [4.69, 9.17) is 19.2 Å². The Balaban J connectivity index is 1.42. The molecule has 5 rings (SSSR count). The predicted molar refractivity (Wildman–Crippen MR) is 141 cm³/mol. The number of hydrogen-bond donors (Lipinski definition) is 0. The summed E-state index contributed by atoms with van der Waals surface area (Å²) in [5.74, 6) is 2.12. The number of benzene rings is 3. The molecule has 2 heterocycles. The highest BCUT2D eigenvalue weighted by molar-refractivity contribution is 6.07. The molecule has 1 aliphatic heterocycles. The van der Waals surface area contributed by atoms with Gasteiger partial charge >= 0.3 is 0 Å². The number of para-hydroxylation sites is 1. The van der Waals surface area contributed by atoms with Gasteiger partial charge in [0.25, 0.3) is 5.91 Å². The fourth-order valence-electron chi connectivity index (χ4n) is 4.63. The van der Waals surface area contributed by atoms with E-state index in [9.17, 15) is 4.79 Å². The molecule has 4 aromatic rings. The van der Waals surface area contributed by atoms with Gasteiger partial charge in [0, 0.05) is 42.8 Å². The van der Waals surface area contributed by atoms with Crippen molar-refractivity contribution in [1.29, 1.82) is 0 Å². The normalized spacial score (nSPS) is 13.5. The minimum Gasteiger partial charge on any atom is -0.497 e. The molecule has 184 valence electrons. The SMILES string of the molecule is COc1ccc(N2CCN(C(=O)c3cc(-c4ccc(OC)c(OC)c4)nc4ccccc34)CC2)cc1. The van der Waals surface area contributed by atoms with Crippen molar-refractivity contribution in [2.75, 3.05) is 52.4 Å². The number of hydrogen-bond acceptors (Lipinski definition) is 6. The third kappa shape index (κ3) is 4.52. The summed E-state index contributed by atoms with van der Waals surface area (Å²) in [5, 5.41) is 0.851. The van der Waals surface area contributed by atoms with Crippen LogP contribution < -0.4 is 19.1 Å². The molecule has 1 aromatic heterocycles. The second-order valence-electron chi connectivity index (χ2n) is 8.62. The zero-order valence-electron chi connectivity index (χ0n) is 20.7. The van der Waals surface area contributed by atoms with Crippen LogP contribution >= 0.6 is 0 Å². The Kier molecular flexibility index (Phi) is 6.62. The molecule has 0 bridgehead atoms. The molecule has 0 spiro atoms. The average Bonchev–Trinajstić information content (AvgIpc) is 2.96. The van der Waals surface area contributed by atoms with Gasteiger partial charge in [-0.25, -0.2) is 4.98 Å². The van der Waals surface area contributed by atoms with Crippen LogP contribution in [0.5, 0.6) is 17.2 Å². The second kappa shape index (κ2) is 10.2. The first-order valence-electron chi connectivity index (χ1n) is 11.9. The number of fused-ring (bicyclic) bond motifs is 1. The summed E-state index contributed by atoms with van der Waals surface area (Å²) < 4.78 is 16.1. The maximum atomic E-state index is 13.8. The van der Waals surface area contributed by atoms with Gasteiger partial charge in [0.1, 0.15) is 5.75 Å². The maximum absolute atomic E-state index is 13.8. The number of carbonyl (C=O) groups is 1. The number of rotatable bonds is 6. The van der Waals surface area contributed by atoms with E-state index in [-0.39, 0.29) is 5.91 Å². The Morgan fingerprint density at radius 3 is 2.19 bits per heavy atom. The molecule has 0 unspecified atom stereocenters. The first-order chi connectivity index (χ1) is 17.6. The van der Waals surface area contributed by atoms with E-state index in [0.29, 0.717) is 30.2 Å². The largest absolute Gasteiger partial charge is 0.497 e. The monoisotopic (exact) mass is 483 g/mol. The lowest BCUT2D eigenvalue weighted by Gasteiger charge is -2.36. The van der Waals surface area contributed by atoms with Crippen LogP contribution in [-0.2, 0) is 0 Å². The summed E-state index contributed by atoms with van der Waals surface area (Å²) in [7, 11) is 4.88. The van der Waals surface area contributed by atoms with Crippen molar-refractivity contribution < 1.29 is 19.0 Å². The summed E-state index contributed by atoms with van der Waals surface area (Å²) in [6, 6.07) is 23.4. The van der Waals surface area contributed by atoms with Crippen LogP contribution in [0.25, 0.3) is 22.2 Å². The van der Waals surface area contributed by atoms with Gasteiger partial charge in [-0.1, -0.05) is 18.2 Å². The first kappa shape index (κ1) is 23.5. The van der Waals surface area contributed by atoms with Gasteiger partial charge in [-0.15, -0.1) is 0 Å². The molecule has 0 radical (unpaired) electrons. The van der Waals surface area contributed by atoms with Crippen molar-refractivity contribution in [2.45, 2.75) is 0 Å². The summed E-state index contributed by atoms with van der Waals surface area (Å²) >= 11 is 0. The topological polar surface area (TPSA) is 64.1 Å². The fraction of sp³-hybridized carbons (Fsp3) is 0.241. The zero-order valence-corrected chi connectivity index (χ0v) is 20.7. The lowest BCUT2D eigenvalue weighted by atomic mass is 10.0. The number of nitrogens with zero attached hydrogens (tertiary/aromatic N) is 3. The van der Waals surface area contributed by atoms with E-state index in [0.717, 1.165) is 46.7 Å². The van der Waals surface area contributed by atoms with Gasteiger partial charge in [0.05, 0.1) is 38.1 Å². The molecule has 7 nitrogen and oxygen atoms in total. The molecular formula is C29H29N3O4. The molecule has 0 N–H and O–H groups in total. The van der Waals surface area contributed by atoms with Crippen LogP contribution in [0.3, 0.4) is 0 Å². The number of ether oxygens (including phenoxy) is 3. The number of amides is 1. The molecule has 1 fully saturated rings. The van der Waals surface area contributed by atoms with Gasteiger partial charge in [0.2, 0.25) is 0 Å². The van der Waals surface area contributed by atoms with Crippen molar-refractivity contribution in [3.63, 3.8) is 0 Å². The average molecular weight is 484 g/mol. The Hall–Kier alpha value is -4.26. The number of pyridine rings is 1. The molecular weight excluding hydrogens is 454 g/mol. The third-order valence-electron chi connectivity index (χ3n) is 6.63. The van der Waals surface area contributed by atoms with Crippen molar-refractivity contribution >= 4 is 22.5 Å². The molecule has 0 aliphatic carbocycles. The Morgan fingerprint density at radius 1 is 0.778 bits per heavy atom. The summed E-state index contributed by atoms with van der Waals surface area (Å²) in [6.45, 7) is 2.83. The van der Waals surface area contributed by atoms with Crippen molar-refractivity contribution in [3.05, 3.63) is 78.4 Å². The van der Waals surface area contributed by atoms with E-state index in [1.54, 1.807) is 21.3 Å². The van der Waals surface area contributed by atoms with Crippen LogP contribution in [0, 0.1) is 0 Å². The van der Waals surface area contributed by atoms with Gasteiger partial charge in [0.15, 0.2) is 11.5 Å². The van der Waals surface area contributed by atoms with E-state index < -0.39 is 0 Å². The molecule has 1 amide bonds. The Bertz CT molecular complexity index is 1380. The number of methoxy groups -OCH3 is 3. The van der Waals surface area contributed by atoms with Crippen LogP contribution in [-0.4, -0.2) is 63.3 Å². The number of anilines is 1. The summed E-state index contributed by atoms with van der Waals surface area (Å²) in [5.41, 5.74) is 4.15. The minimum absolute atomic E-state index is 0.0182. The molecule has 0 saturated carbocycles. The maximum Gasteiger partial charge on any atom is 0.254 e. The third-order valence-corrected chi connectivity index (χ3v) is 6.63. The molecule has 1 aliphatic rings. The van der Waals surface area contributed by atoms with Gasteiger partial charge in [-0.3, -0.25) is 4.79 Å². The van der Waals surface area contributed by atoms with Crippen molar-refractivity contribution in [3.8, 4) is 28.5 Å². The summed E-state index contributed by atoms with van der Waals surface area (Å²) in [4.78, 5) is 22.8. The first-order valence-corrected chi connectivity index (χ1v) is 11.9. The van der Waals surface area contributed by atoms with Gasteiger partial charge in [-0.05, 0) is 54.6 Å².